The molecule has 2 aliphatic rings. The third-order valence-electron chi connectivity index (χ3n) is 6.57. The van der Waals surface area contributed by atoms with Crippen LogP contribution in [0.5, 0.6) is 5.75 Å². The topological polar surface area (TPSA) is 61.9 Å². The van der Waals surface area contributed by atoms with E-state index in [1.807, 2.05) is 29.2 Å². The van der Waals surface area contributed by atoms with Crippen LogP contribution in [0.3, 0.4) is 0 Å². The van der Waals surface area contributed by atoms with Crippen molar-refractivity contribution < 1.29 is 14.3 Å². The van der Waals surface area contributed by atoms with Gasteiger partial charge in [-0.2, -0.15) is 0 Å². The molecular formula is C25H33N3O3S. The number of nitrogens with zero attached hydrogens (tertiary/aromatic N) is 2. The Morgan fingerprint density at radius 2 is 2.00 bits per heavy atom. The number of rotatable bonds is 2. The van der Waals surface area contributed by atoms with Gasteiger partial charge in [0, 0.05) is 44.0 Å². The lowest BCUT2D eigenvalue weighted by atomic mass is 9.86. The van der Waals surface area contributed by atoms with Gasteiger partial charge in [0.05, 0.1) is 5.56 Å². The van der Waals surface area contributed by atoms with Gasteiger partial charge < -0.3 is 15.0 Å². The lowest BCUT2D eigenvalue weighted by Gasteiger charge is -2.39. The number of carbonyl (C=O) groups excluding carboxylic acids is 2. The number of carbonyl (C=O) groups is 2. The van der Waals surface area contributed by atoms with Gasteiger partial charge >= 0.3 is 0 Å². The minimum Gasteiger partial charge on any atom is -0.491 e. The molecule has 1 N–H and O–H groups in total. The van der Waals surface area contributed by atoms with Gasteiger partial charge in [-0.1, -0.05) is 24.6 Å². The number of hydrogen-bond acceptors (Lipinski definition) is 5. The zero-order chi connectivity index (χ0) is 22.3. The lowest BCUT2D eigenvalue weighted by Crippen LogP contribution is -2.53. The van der Waals surface area contributed by atoms with E-state index in [0.717, 1.165) is 51.9 Å². The molecule has 2 aliphatic heterocycles. The van der Waals surface area contributed by atoms with Crippen LogP contribution in [0.1, 0.15) is 47.8 Å². The number of benzene rings is 1. The van der Waals surface area contributed by atoms with Crippen molar-refractivity contribution >= 4 is 23.2 Å². The summed E-state index contributed by atoms with van der Waals surface area (Å²) in [5.41, 5.74) is 0.563. The molecular weight excluding hydrogens is 422 g/mol. The van der Waals surface area contributed by atoms with Crippen LogP contribution in [-0.4, -0.2) is 60.4 Å². The van der Waals surface area contributed by atoms with E-state index in [2.05, 4.69) is 27.7 Å². The van der Waals surface area contributed by atoms with Crippen LogP contribution in [0.15, 0.2) is 41.8 Å². The number of amides is 2. The summed E-state index contributed by atoms with van der Waals surface area (Å²) in [4.78, 5) is 30.8. The van der Waals surface area contributed by atoms with Crippen LogP contribution in [0.2, 0.25) is 0 Å². The molecule has 0 radical (unpaired) electrons. The molecule has 1 fully saturated rings. The van der Waals surface area contributed by atoms with Crippen LogP contribution < -0.4 is 10.1 Å². The highest BCUT2D eigenvalue weighted by Gasteiger charge is 2.32. The van der Waals surface area contributed by atoms with Gasteiger partial charge in [0.25, 0.3) is 5.91 Å². The monoisotopic (exact) mass is 455 g/mol. The van der Waals surface area contributed by atoms with Crippen molar-refractivity contribution in [3.8, 4) is 5.75 Å². The average Bonchev–Trinajstić information content (AvgIpc) is 3.30. The van der Waals surface area contributed by atoms with Crippen molar-refractivity contribution in [1.29, 1.82) is 0 Å². The summed E-state index contributed by atoms with van der Waals surface area (Å²) in [6.45, 7) is 6.30. The molecule has 1 aromatic heterocycles. The molecule has 6 nitrogen and oxygen atoms in total. The van der Waals surface area contributed by atoms with Crippen molar-refractivity contribution in [3.05, 3.63) is 52.2 Å². The molecule has 0 saturated carbocycles. The van der Waals surface area contributed by atoms with E-state index in [4.69, 9.17) is 4.74 Å². The zero-order valence-corrected chi connectivity index (χ0v) is 19.6. The lowest BCUT2D eigenvalue weighted by molar-refractivity contribution is -0.130. The van der Waals surface area contributed by atoms with E-state index in [0.29, 0.717) is 30.4 Å². The highest BCUT2D eigenvalue weighted by molar-refractivity contribution is 7.09. The van der Waals surface area contributed by atoms with Crippen LogP contribution >= 0.6 is 11.3 Å². The smallest absolute Gasteiger partial charge is 0.255 e. The summed E-state index contributed by atoms with van der Waals surface area (Å²) in [5, 5.41) is 5.35. The summed E-state index contributed by atoms with van der Waals surface area (Å²) in [5.74, 6) is 0.962. The molecule has 2 amide bonds. The third kappa shape index (κ3) is 5.90. The Morgan fingerprint density at radius 1 is 1.12 bits per heavy atom. The first kappa shape index (κ1) is 22.8. The van der Waals surface area contributed by atoms with Crippen LogP contribution in [0.25, 0.3) is 0 Å². The van der Waals surface area contributed by atoms with E-state index < -0.39 is 0 Å². The van der Waals surface area contributed by atoms with Crippen molar-refractivity contribution in [2.75, 3.05) is 32.8 Å². The first-order valence-electron chi connectivity index (χ1n) is 11.6. The van der Waals surface area contributed by atoms with Crippen molar-refractivity contribution in [2.24, 2.45) is 5.92 Å². The van der Waals surface area contributed by atoms with E-state index in [9.17, 15) is 9.59 Å². The standard InChI is InChI=1S/C25H33N3O3S/c1-19(29)28-13-11-20-7-4-5-12-27(17-21-8-6-16-32-21)14-15-31-24-10-3-2-9-22(24)25(30)26-23(20)18-28/h2-3,6,8-10,16,20,23H,4-5,7,11-15,17-18H2,1H3,(H,26,30)/t20-,23+/m1/s1. The molecule has 32 heavy (non-hydrogen) atoms. The van der Waals surface area contributed by atoms with Crippen molar-refractivity contribution in [1.82, 2.24) is 15.1 Å². The van der Waals surface area contributed by atoms with Crippen LogP contribution in [0.4, 0.5) is 0 Å². The molecule has 172 valence electrons. The minimum absolute atomic E-state index is 0.0293. The molecule has 2 aromatic rings. The minimum atomic E-state index is -0.117. The molecule has 1 saturated heterocycles. The number of hydrogen-bond donors (Lipinski definition) is 1. The Kier molecular flexibility index (Phi) is 7.81. The van der Waals surface area contributed by atoms with Gasteiger partial charge in [-0.25, -0.2) is 0 Å². The molecule has 7 heteroatoms. The molecule has 0 unspecified atom stereocenters. The summed E-state index contributed by atoms with van der Waals surface area (Å²) in [6, 6.07) is 11.7. The van der Waals surface area contributed by atoms with E-state index in [1.54, 1.807) is 18.3 Å². The van der Waals surface area contributed by atoms with Gasteiger partial charge in [-0.05, 0) is 55.3 Å². The van der Waals surface area contributed by atoms with Crippen LogP contribution in [0, 0.1) is 5.92 Å². The summed E-state index contributed by atoms with van der Waals surface area (Å²) in [7, 11) is 0. The van der Waals surface area contributed by atoms with Gasteiger partial charge in [0.2, 0.25) is 5.91 Å². The Labute approximate surface area is 194 Å². The maximum atomic E-state index is 13.2. The molecule has 1 aromatic carbocycles. The predicted octanol–water partition coefficient (Wildman–Crippen LogP) is 3.78. The SMILES string of the molecule is CC(=O)N1CC[C@H]2CCCCN(Cc3cccs3)CCOc3ccccc3C(=O)N[C@H]2C1. The fourth-order valence-electron chi connectivity index (χ4n) is 4.74. The molecule has 2 atom stereocenters. The Hall–Kier alpha value is -2.38. The van der Waals surface area contributed by atoms with E-state index >= 15 is 0 Å². The Balaban J connectivity index is 1.52. The first-order valence-corrected chi connectivity index (χ1v) is 12.5. The fourth-order valence-corrected chi connectivity index (χ4v) is 5.49. The fraction of sp³-hybridized carbons (Fsp3) is 0.520. The normalized spacial score (nSPS) is 23.3. The van der Waals surface area contributed by atoms with Gasteiger partial charge in [-0.3, -0.25) is 14.5 Å². The predicted molar refractivity (Wildman–Crippen MR) is 127 cm³/mol. The molecule has 0 aliphatic carbocycles. The number of ether oxygens (including phenoxy) is 1. The van der Waals surface area contributed by atoms with Crippen molar-refractivity contribution in [3.63, 3.8) is 0 Å². The number of thiophene rings is 1. The number of fused-ring (bicyclic) bond motifs is 2. The maximum absolute atomic E-state index is 13.2. The summed E-state index contributed by atoms with van der Waals surface area (Å²) >= 11 is 1.79. The second kappa shape index (κ2) is 11.0. The summed E-state index contributed by atoms with van der Waals surface area (Å²) in [6.07, 6.45) is 4.24. The molecule has 0 spiro atoms. The quantitative estimate of drug-likeness (QED) is 0.749. The number of piperidine rings is 1. The average molecular weight is 456 g/mol. The Morgan fingerprint density at radius 3 is 2.81 bits per heavy atom. The molecule has 4 rings (SSSR count). The number of nitrogens with one attached hydrogen (secondary N) is 1. The van der Waals surface area contributed by atoms with Gasteiger partial charge in [0.1, 0.15) is 12.4 Å². The maximum Gasteiger partial charge on any atom is 0.255 e. The van der Waals surface area contributed by atoms with E-state index in [1.165, 1.54) is 4.88 Å². The second-order valence-electron chi connectivity index (χ2n) is 8.79. The van der Waals surface area contributed by atoms with Crippen molar-refractivity contribution in [2.45, 2.75) is 45.2 Å². The van der Waals surface area contributed by atoms with Gasteiger partial charge in [-0.15, -0.1) is 11.3 Å². The summed E-state index contributed by atoms with van der Waals surface area (Å²) < 4.78 is 6.08. The van der Waals surface area contributed by atoms with Crippen LogP contribution in [-0.2, 0) is 11.3 Å². The number of likely N-dealkylation sites (tertiary alicyclic amines) is 1. The molecule has 3 heterocycles. The number of para-hydroxylation sites is 1. The second-order valence-corrected chi connectivity index (χ2v) is 9.82. The van der Waals surface area contributed by atoms with E-state index in [-0.39, 0.29) is 17.9 Å². The van der Waals surface area contributed by atoms with Gasteiger partial charge in [0.15, 0.2) is 0 Å². The zero-order valence-electron chi connectivity index (χ0n) is 18.8. The highest BCUT2D eigenvalue weighted by atomic mass is 32.1. The largest absolute Gasteiger partial charge is 0.491 e. The molecule has 0 bridgehead atoms. The highest BCUT2D eigenvalue weighted by Crippen LogP contribution is 2.26. The Bertz CT molecular complexity index is 902. The first-order chi connectivity index (χ1) is 15.6. The third-order valence-corrected chi connectivity index (χ3v) is 7.43.